The van der Waals surface area contributed by atoms with Crippen molar-refractivity contribution < 1.29 is 10.2 Å². The van der Waals surface area contributed by atoms with E-state index in [9.17, 15) is 10.2 Å². The van der Waals surface area contributed by atoms with Crippen molar-refractivity contribution in [3.05, 3.63) is 23.8 Å². The van der Waals surface area contributed by atoms with Crippen molar-refractivity contribution in [2.24, 2.45) is 23.2 Å². The zero-order valence-corrected chi connectivity index (χ0v) is 18.6. The number of allylic oxidation sites excluding steroid dienone is 2. The minimum absolute atomic E-state index is 0.162. The van der Waals surface area contributed by atoms with Gasteiger partial charge in [0.15, 0.2) is 0 Å². The molecule has 0 heterocycles. The number of hydrogen-bond donors (Lipinski definition) is 2. The Bertz CT molecular complexity index is 608. The smallest absolute Gasteiger partial charge is 0.0781 e. The standard InChI is InChI=1S/C25H41NO2/c1-6-7-14-25(2,3)24(28)13-12-21-22-17-19(16-20(22)18-23(21)27)11-9-8-10-15-26(4)5/h12-13,16,20-24,27-28H,8-11,14-15,17-18H2,1-5H3/b13-12+/t20-,21+,22-,23+,24-/m0/s1. The highest BCUT2D eigenvalue weighted by atomic mass is 16.3. The predicted molar refractivity (Wildman–Crippen MR) is 118 cm³/mol. The summed E-state index contributed by atoms with van der Waals surface area (Å²) < 4.78 is 0. The summed E-state index contributed by atoms with van der Waals surface area (Å²) in [5, 5.41) is 21.1. The molecule has 1 saturated carbocycles. The fourth-order valence-electron chi connectivity index (χ4n) is 4.66. The molecule has 1 fully saturated rings. The van der Waals surface area contributed by atoms with E-state index in [4.69, 9.17) is 0 Å². The monoisotopic (exact) mass is 387 g/mol. The molecule has 158 valence electrons. The summed E-state index contributed by atoms with van der Waals surface area (Å²) in [6.07, 6.45) is 13.3. The zero-order valence-electron chi connectivity index (χ0n) is 18.6. The van der Waals surface area contributed by atoms with Gasteiger partial charge in [0.05, 0.1) is 12.2 Å². The van der Waals surface area contributed by atoms with Gasteiger partial charge < -0.3 is 15.1 Å². The summed E-state index contributed by atoms with van der Waals surface area (Å²) in [5.74, 6) is 7.17. The van der Waals surface area contributed by atoms with Gasteiger partial charge in [-0.05, 0) is 71.5 Å². The normalized spacial score (nSPS) is 28.4. The molecule has 0 unspecified atom stereocenters. The minimum atomic E-state index is -0.537. The molecule has 3 nitrogen and oxygen atoms in total. The summed E-state index contributed by atoms with van der Waals surface area (Å²) in [4.78, 5) is 2.25. The number of nitrogens with zero attached hydrogens (tertiary/aromatic N) is 1. The van der Waals surface area contributed by atoms with Crippen LogP contribution in [0.1, 0.15) is 65.7 Å². The molecule has 0 saturated heterocycles. The maximum absolute atomic E-state index is 10.6. The van der Waals surface area contributed by atoms with Gasteiger partial charge in [-0.2, -0.15) is 0 Å². The number of aliphatic hydroxyl groups excluding tert-OH is 2. The van der Waals surface area contributed by atoms with Gasteiger partial charge in [0.1, 0.15) is 0 Å². The molecule has 2 aliphatic carbocycles. The highest BCUT2D eigenvalue weighted by Gasteiger charge is 2.43. The van der Waals surface area contributed by atoms with Crippen LogP contribution in [0.25, 0.3) is 0 Å². The van der Waals surface area contributed by atoms with Crippen molar-refractivity contribution in [1.29, 1.82) is 0 Å². The van der Waals surface area contributed by atoms with E-state index in [0.29, 0.717) is 18.3 Å². The van der Waals surface area contributed by atoms with Crippen molar-refractivity contribution >= 4 is 0 Å². The van der Waals surface area contributed by atoms with Gasteiger partial charge in [-0.15, -0.1) is 11.8 Å². The summed E-state index contributed by atoms with van der Waals surface area (Å²) in [6, 6.07) is 0. The average molecular weight is 388 g/mol. The molecule has 28 heavy (non-hydrogen) atoms. The lowest BCUT2D eigenvalue weighted by Crippen LogP contribution is -2.27. The lowest BCUT2D eigenvalue weighted by molar-refractivity contribution is 0.0923. The molecule has 0 aromatic heterocycles. The summed E-state index contributed by atoms with van der Waals surface area (Å²) in [6.45, 7) is 7.10. The molecule has 2 aliphatic rings. The first-order valence-corrected chi connectivity index (χ1v) is 11.0. The quantitative estimate of drug-likeness (QED) is 0.331. The van der Waals surface area contributed by atoms with E-state index in [0.717, 1.165) is 12.8 Å². The van der Waals surface area contributed by atoms with E-state index in [1.165, 1.54) is 32.2 Å². The van der Waals surface area contributed by atoms with E-state index in [1.807, 2.05) is 26.8 Å². The Morgan fingerprint density at radius 2 is 2.04 bits per heavy atom. The minimum Gasteiger partial charge on any atom is -0.392 e. The van der Waals surface area contributed by atoms with Gasteiger partial charge in [0, 0.05) is 17.8 Å². The number of aliphatic hydroxyl groups is 2. The second kappa shape index (κ2) is 10.6. The Hall–Kier alpha value is -1.08. The van der Waals surface area contributed by atoms with E-state index in [-0.39, 0.29) is 17.4 Å². The van der Waals surface area contributed by atoms with Crippen LogP contribution in [0, 0.1) is 35.0 Å². The van der Waals surface area contributed by atoms with Crippen molar-refractivity contribution in [3.8, 4) is 11.8 Å². The molecular formula is C25H41NO2. The van der Waals surface area contributed by atoms with Crippen molar-refractivity contribution in [1.82, 2.24) is 4.90 Å². The van der Waals surface area contributed by atoms with Crippen LogP contribution in [0.15, 0.2) is 23.8 Å². The number of hydrogen-bond acceptors (Lipinski definition) is 3. The van der Waals surface area contributed by atoms with Gasteiger partial charge in [-0.1, -0.05) is 44.1 Å². The first-order valence-electron chi connectivity index (χ1n) is 11.0. The van der Waals surface area contributed by atoms with Gasteiger partial charge in [0.25, 0.3) is 0 Å². The van der Waals surface area contributed by atoms with E-state index in [1.54, 1.807) is 5.57 Å². The fraction of sp³-hybridized carbons (Fsp3) is 0.760. The van der Waals surface area contributed by atoms with Crippen LogP contribution in [0.3, 0.4) is 0 Å². The van der Waals surface area contributed by atoms with Crippen LogP contribution in [-0.2, 0) is 0 Å². The zero-order chi connectivity index (χ0) is 20.7. The molecule has 0 bridgehead atoms. The molecule has 5 atom stereocenters. The van der Waals surface area contributed by atoms with E-state index >= 15 is 0 Å². The van der Waals surface area contributed by atoms with Crippen LogP contribution in [0.4, 0.5) is 0 Å². The van der Waals surface area contributed by atoms with Gasteiger partial charge in [-0.25, -0.2) is 0 Å². The van der Waals surface area contributed by atoms with Crippen LogP contribution >= 0.6 is 0 Å². The average Bonchev–Trinajstić information content (AvgIpc) is 3.13. The molecule has 0 amide bonds. The Balaban J connectivity index is 1.85. The first-order chi connectivity index (χ1) is 13.2. The summed E-state index contributed by atoms with van der Waals surface area (Å²) in [5.41, 5.74) is 1.32. The molecular weight excluding hydrogens is 346 g/mol. The maximum atomic E-state index is 10.6. The van der Waals surface area contributed by atoms with Gasteiger partial charge in [-0.3, -0.25) is 0 Å². The SMILES string of the molecule is CC#CCC(C)(C)[C@@H](O)/C=C/[C@@H]1[C@H]2CC(CCCCCN(C)C)=C[C@H]2C[C@H]1O. The lowest BCUT2D eigenvalue weighted by Gasteiger charge is -2.27. The number of rotatable bonds is 10. The molecule has 2 N–H and O–H groups in total. The Kier molecular flexibility index (Phi) is 8.81. The summed E-state index contributed by atoms with van der Waals surface area (Å²) >= 11 is 0. The highest BCUT2D eigenvalue weighted by Crippen LogP contribution is 2.48. The largest absolute Gasteiger partial charge is 0.392 e. The van der Waals surface area contributed by atoms with Gasteiger partial charge in [0.2, 0.25) is 0 Å². The molecule has 0 radical (unpaired) electrons. The Labute approximate surface area is 172 Å². The third-order valence-corrected chi connectivity index (χ3v) is 6.59. The number of fused-ring (bicyclic) bond motifs is 1. The molecule has 0 aromatic carbocycles. The van der Waals surface area contributed by atoms with E-state index < -0.39 is 6.10 Å². The topological polar surface area (TPSA) is 43.7 Å². The fourth-order valence-corrected chi connectivity index (χ4v) is 4.66. The lowest BCUT2D eigenvalue weighted by atomic mass is 9.81. The van der Waals surface area contributed by atoms with Crippen LogP contribution in [0.5, 0.6) is 0 Å². The van der Waals surface area contributed by atoms with Crippen LogP contribution < -0.4 is 0 Å². The first kappa shape index (κ1) is 23.2. The van der Waals surface area contributed by atoms with Crippen LogP contribution in [-0.4, -0.2) is 48.0 Å². The second-order valence-corrected chi connectivity index (χ2v) is 9.77. The Morgan fingerprint density at radius 1 is 1.29 bits per heavy atom. The predicted octanol–water partition coefficient (Wildman–Crippen LogP) is 4.41. The van der Waals surface area contributed by atoms with Crippen molar-refractivity contribution in [2.45, 2.75) is 77.9 Å². The molecule has 3 heteroatoms. The summed E-state index contributed by atoms with van der Waals surface area (Å²) in [7, 11) is 4.27. The molecule has 2 rings (SSSR count). The van der Waals surface area contributed by atoms with Crippen LogP contribution in [0.2, 0.25) is 0 Å². The molecule has 0 aliphatic heterocycles. The maximum Gasteiger partial charge on any atom is 0.0781 e. The third-order valence-electron chi connectivity index (χ3n) is 6.59. The van der Waals surface area contributed by atoms with Crippen molar-refractivity contribution in [3.63, 3.8) is 0 Å². The Morgan fingerprint density at radius 3 is 2.71 bits per heavy atom. The second-order valence-electron chi connectivity index (χ2n) is 9.77. The molecule has 0 aromatic rings. The van der Waals surface area contributed by atoms with Crippen molar-refractivity contribution in [2.75, 3.05) is 20.6 Å². The molecule has 0 spiro atoms. The van der Waals surface area contributed by atoms with Gasteiger partial charge >= 0.3 is 0 Å². The van der Waals surface area contributed by atoms with E-state index in [2.05, 4.69) is 43.0 Å². The highest BCUT2D eigenvalue weighted by molar-refractivity contribution is 5.21. The number of unbranched alkanes of at least 4 members (excludes halogenated alkanes) is 2. The third kappa shape index (κ3) is 6.48.